The first-order valence-corrected chi connectivity index (χ1v) is 6.49. The standard InChI is InChI=1S/C13H16N2OS/c1-9(8-16)17-13-11(7-14)6-10-4-2-3-5-12(10)15-13/h2-6,9,16H,7-8,14H2,1H3. The highest BCUT2D eigenvalue weighted by Gasteiger charge is 2.10. The highest BCUT2D eigenvalue weighted by Crippen LogP contribution is 2.27. The van der Waals surface area contributed by atoms with Gasteiger partial charge in [0.15, 0.2) is 0 Å². The van der Waals surface area contributed by atoms with Crippen LogP contribution in [0, 0.1) is 0 Å². The van der Waals surface area contributed by atoms with Crippen LogP contribution >= 0.6 is 11.8 Å². The van der Waals surface area contributed by atoms with Crippen LogP contribution in [0.1, 0.15) is 12.5 Å². The SMILES string of the molecule is CC(CO)Sc1nc2ccccc2cc1CN. The average Bonchev–Trinajstić information content (AvgIpc) is 2.37. The first kappa shape index (κ1) is 12.4. The summed E-state index contributed by atoms with van der Waals surface area (Å²) in [4.78, 5) is 4.61. The zero-order valence-corrected chi connectivity index (χ0v) is 10.6. The van der Waals surface area contributed by atoms with Crippen LogP contribution in [-0.2, 0) is 6.54 Å². The molecule has 0 fully saturated rings. The van der Waals surface area contributed by atoms with Crippen LogP contribution in [0.25, 0.3) is 10.9 Å². The molecule has 0 aliphatic carbocycles. The lowest BCUT2D eigenvalue weighted by Gasteiger charge is -2.11. The molecule has 1 aromatic heterocycles. The number of rotatable bonds is 4. The summed E-state index contributed by atoms with van der Waals surface area (Å²) < 4.78 is 0. The van der Waals surface area contributed by atoms with E-state index in [0.29, 0.717) is 6.54 Å². The van der Waals surface area contributed by atoms with E-state index in [9.17, 15) is 0 Å². The Morgan fingerprint density at radius 3 is 2.88 bits per heavy atom. The molecule has 0 amide bonds. The van der Waals surface area contributed by atoms with Gasteiger partial charge in [-0.1, -0.05) is 25.1 Å². The number of aromatic nitrogens is 1. The number of para-hydroxylation sites is 1. The molecule has 2 rings (SSSR count). The van der Waals surface area contributed by atoms with E-state index < -0.39 is 0 Å². The second kappa shape index (κ2) is 5.49. The molecule has 1 heterocycles. The summed E-state index contributed by atoms with van der Waals surface area (Å²) in [6.45, 7) is 2.59. The van der Waals surface area contributed by atoms with Crippen LogP contribution in [0.2, 0.25) is 0 Å². The van der Waals surface area contributed by atoms with Crippen LogP contribution in [0.4, 0.5) is 0 Å². The highest BCUT2D eigenvalue weighted by atomic mass is 32.2. The van der Waals surface area contributed by atoms with Crippen LogP contribution < -0.4 is 5.73 Å². The minimum Gasteiger partial charge on any atom is -0.395 e. The van der Waals surface area contributed by atoms with E-state index in [4.69, 9.17) is 10.8 Å². The van der Waals surface area contributed by atoms with Gasteiger partial charge in [0.05, 0.1) is 12.1 Å². The highest BCUT2D eigenvalue weighted by molar-refractivity contribution is 7.99. The summed E-state index contributed by atoms with van der Waals surface area (Å²) in [6, 6.07) is 10.1. The zero-order valence-electron chi connectivity index (χ0n) is 9.76. The Bertz CT molecular complexity index is 516. The van der Waals surface area contributed by atoms with Crippen molar-refractivity contribution >= 4 is 22.7 Å². The fourth-order valence-corrected chi connectivity index (χ4v) is 2.52. The number of hydrogen-bond donors (Lipinski definition) is 2. The Kier molecular flexibility index (Phi) is 3.99. The van der Waals surface area contributed by atoms with Gasteiger partial charge < -0.3 is 10.8 Å². The zero-order chi connectivity index (χ0) is 12.3. The maximum absolute atomic E-state index is 9.09. The predicted molar refractivity (Wildman–Crippen MR) is 72.0 cm³/mol. The number of aliphatic hydroxyl groups is 1. The molecule has 0 aliphatic heterocycles. The van der Waals surface area contributed by atoms with Gasteiger partial charge in [0, 0.05) is 17.2 Å². The summed E-state index contributed by atoms with van der Waals surface area (Å²) in [5, 5.41) is 11.3. The topological polar surface area (TPSA) is 59.1 Å². The van der Waals surface area contributed by atoms with Gasteiger partial charge in [0.1, 0.15) is 5.03 Å². The summed E-state index contributed by atoms with van der Waals surface area (Å²) in [5.41, 5.74) is 7.75. The minimum absolute atomic E-state index is 0.133. The Balaban J connectivity index is 2.45. The second-order valence-corrected chi connectivity index (χ2v) is 5.39. The third-order valence-corrected chi connectivity index (χ3v) is 3.68. The van der Waals surface area contributed by atoms with Crippen molar-refractivity contribution in [2.24, 2.45) is 5.73 Å². The third-order valence-electron chi connectivity index (χ3n) is 2.55. The Morgan fingerprint density at radius 2 is 2.18 bits per heavy atom. The average molecular weight is 248 g/mol. The molecular formula is C13H16N2OS. The summed E-state index contributed by atoms with van der Waals surface area (Å²) in [6.07, 6.45) is 0. The Labute approximate surface area is 105 Å². The largest absolute Gasteiger partial charge is 0.395 e. The van der Waals surface area contributed by atoms with E-state index in [2.05, 4.69) is 11.1 Å². The van der Waals surface area contributed by atoms with Crippen molar-refractivity contribution in [2.45, 2.75) is 23.7 Å². The lowest BCUT2D eigenvalue weighted by molar-refractivity contribution is 0.300. The van der Waals surface area contributed by atoms with Crippen LogP contribution in [0.5, 0.6) is 0 Å². The number of thioether (sulfide) groups is 1. The monoisotopic (exact) mass is 248 g/mol. The van der Waals surface area contributed by atoms with E-state index in [1.54, 1.807) is 11.8 Å². The molecule has 90 valence electrons. The van der Waals surface area contributed by atoms with Crippen molar-refractivity contribution < 1.29 is 5.11 Å². The molecule has 4 heteroatoms. The molecule has 0 saturated carbocycles. The minimum atomic E-state index is 0.133. The molecule has 2 aromatic rings. The number of nitrogens with zero attached hydrogens (tertiary/aromatic N) is 1. The van der Waals surface area contributed by atoms with Crippen LogP contribution in [-0.4, -0.2) is 21.9 Å². The van der Waals surface area contributed by atoms with Gasteiger partial charge in [-0.2, -0.15) is 0 Å². The molecule has 0 aliphatic rings. The van der Waals surface area contributed by atoms with Gasteiger partial charge >= 0.3 is 0 Å². The van der Waals surface area contributed by atoms with Crippen molar-refractivity contribution in [1.29, 1.82) is 0 Å². The number of benzene rings is 1. The molecule has 1 atom stereocenters. The van der Waals surface area contributed by atoms with E-state index in [1.165, 1.54) is 0 Å². The second-order valence-electron chi connectivity index (χ2n) is 3.96. The number of aliphatic hydroxyl groups excluding tert-OH is 1. The molecule has 0 radical (unpaired) electrons. The van der Waals surface area contributed by atoms with Gasteiger partial charge in [-0.25, -0.2) is 4.98 Å². The third kappa shape index (κ3) is 2.77. The molecular weight excluding hydrogens is 232 g/mol. The van der Waals surface area contributed by atoms with Gasteiger partial charge in [0.2, 0.25) is 0 Å². The number of hydrogen-bond acceptors (Lipinski definition) is 4. The first-order chi connectivity index (χ1) is 8.24. The molecule has 0 spiro atoms. The van der Waals surface area contributed by atoms with E-state index >= 15 is 0 Å². The maximum atomic E-state index is 9.09. The van der Waals surface area contributed by atoms with E-state index in [0.717, 1.165) is 21.5 Å². The van der Waals surface area contributed by atoms with Gasteiger partial charge in [-0.05, 0) is 17.7 Å². The molecule has 3 nitrogen and oxygen atoms in total. The van der Waals surface area contributed by atoms with Crippen molar-refractivity contribution in [3.05, 3.63) is 35.9 Å². The van der Waals surface area contributed by atoms with Gasteiger partial charge in [-0.15, -0.1) is 11.8 Å². The number of nitrogens with two attached hydrogens (primary N) is 1. The predicted octanol–water partition coefficient (Wildman–Crippen LogP) is 2.17. The fraction of sp³-hybridized carbons (Fsp3) is 0.308. The fourth-order valence-electron chi connectivity index (χ4n) is 1.62. The smallest absolute Gasteiger partial charge is 0.102 e. The normalized spacial score (nSPS) is 12.9. The van der Waals surface area contributed by atoms with E-state index in [-0.39, 0.29) is 11.9 Å². The van der Waals surface area contributed by atoms with Gasteiger partial charge in [-0.3, -0.25) is 0 Å². The van der Waals surface area contributed by atoms with E-state index in [1.807, 2.05) is 31.2 Å². The molecule has 1 aromatic carbocycles. The summed E-state index contributed by atoms with van der Waals surface area (Å²) in [5.74, 6) is 0. The Hall–Kier alpha value is -1.10. The maximum Gasteiger partial charge on any atom is 0.102 e. The summed E-state index contributed by atoms with van der Waals surface area (Å²) in [7, 11) is 0. The molecule has 3 N–H and O–H groups in total. The molecule has 0 bridgehead atoms. The first-order valence-electron chi connectivity index (χ1n) is 5.61. The van der Waals surface area contributed by atoms with Crippen LogP contribution in [0.15, 0.2) is 35.4 Å². The lowest BCUT2D eigenvalue weighted by Crippen LogP contribution is -2.06. The van der Waals surface area contributed by atoms with Crippen LogP contribution in [0.3, 0.4) is 0 Å². The lowest BCUT2D eigenvalue weighted by atomic mass is 10.1. The molecule has 1 unspecified atom stereocenters. The van der Waals surface area contributed by atoms with Crippen molar-refractivity contribution in [2.75, 3.05) is 6.61 Å². The molecule has 17 heavy (non-hydrogen) atoms. The summed E-state index contributed by atoms with van der Waals surface area (Å²) >= 11 is 1.57. The number of fused-ring (bicyclic) bond motifs is 1. The number of pyridine rings is 1. The van der Waals surface area contributed by atoms with Gasteiger partial charge in [0.25, 0.3) is 0 Å². The quantitative estimate of drug-likeness (QED) is 0.814. The van der Waals surface area contributed by atoms with Crippen molar-refractivity contribution in [3.8, 4) is 0 Å². The van der Waals surface area contributed by atoms with Crippen molar-refractivity contribution in [3.63, 3.8) is 0 Å². The Morgan fingerprint density at radius 1 is 1.41 bits per heavy atom. The molecule has 0 saturated heterocycles. The van der Waals surface area contributed by atoms with Crippen molar-refractivity contribution in [1.82, 2.24) is 4.98 Å².